The maximum Gasteiger partial charge on any atom is 0.131 e. The molecule has 5 heteroatoms. The van der Waals surface area contributed by atoms with Crippen LogP contribution in [-0.4, -0.2) is 42.8 Å². The molecule has 0 amide bonds. The Kier molecular flexibility index (Phi) is 5.94. The molecule has 1 N–H and O–H groups in total. The molecule has 2 heterocycles. The van der Waals surface area contributed by atoms with Gasteiger partial charge in [-0.2, -0.15) is 0 Å². The van der Waals surface area contributed by atoms with Gasteiger partial charge in [0.25, 0.3) is 0 Å². The Morgan fingerprint density at radius 3 is 2.86 bits per heavy atom. The molecule has 0 aliphatic carbocycles. The van der Waals surface area contributed by atoms with E-state index in [9.17, 15) is 0 Å². The SMILES string of the molecule is CCN(CC1CCCO1)c1cnc(C(C)C)nc1CNC. The van der Waals surface area contributed by atoms with Crippen LogP contribution in [0.3, 0.4) is 0 Å². The van der Waals surface area contributed by atoms with Crippen molar-refractivity contribution in [3.05, 3.63) is 17.7 Å². The lowest BCUT2D eigenvalue weighted by Gasteiger charge is -2.27. The van der Waals surface area contributed by atoms with Gasteiger partial charge >= 0.3 is 0 Å². The monoisotopic (exact) mass is 292 g/mol. The molecule has 1 aliphatic heterocycles. The average Bonchev–Trinajstić information content (AvgIpc) is 2.98. The summed E-state index contributed by atoms with van der Waals surface area (Å²) in [6.45, 7) is 9.96. The topological polar surface area (TPSA) is 50.3 Å². The van der Waals surface area contributed by atoms with Crippen molar-refractivity contribution in [1.29, 1.82) is 0 Å². The molecule has 1 unspecified atom stereocenters. The minimum Gasteiger partial charge on any atom is -0.376 e. The second-order valence-electron chi connectivity index (χ2n) is 5.92. The molecule has 0 aromatic carbocycles. The standard InChI is InChI=1S/C16H28N4O/c1-5-20(11-13-7-6-8-21-13)15-10-18-16(12(2)3)19-14(15)9-17-4/h10,12-13,17H,5-9,11H2,1-4H3. The predicted octanol–water partition coefficient (Wildman–Crippen LogP) is 2.32. The molecule has 0 saturated carbocycles. The van der Waals surface area contributed by atoms with Crippen molar-refractivity contribution in [2.45, 2.75) is 52.2 Å². The van der Waals surface area contributed by atoms with Crippen molar-refractivity contribution in [1.82, 2.24) is 15.3 Å². The van der Waals surface area contributed by atoms with E-state index in [1.165, 1.54) is 6.42 Å². The smallest absolute Gasteiger partial charge is 0.131 e. The quantitative estimate of drug-likeness (QED) is 0.836. The number of anilines is 1. The van der Waals surface area contributed by atoms with Crippen LogP contribution in [-0.2, 0) is 11.3 Å². The second kappa shape index (κ2) is 7.71. The van der Waals surface area contributed by atoms with Gasteiger partial charge in [-0.3, -0.25) is 0 Å². The van der Waals surface area contributed by atoms with E-state index in [0.29, 0.717) is 12.0 Å². The molecule has 1 saturated heterocycles. The fourth-order valence-electron chi connectivity index (χ4n) is 2.70. The first-order chi connectivity index (χ1) is 10.2. The van der Waals surface area contributed by atoms with E-state index in [1.54, 1.807) is 0 Å². The van der Waals surface area contributed by atoms with Crippen LogP contribution in [0.25, 0.3) is 0 Å². The number of rotatable bonds is 7. The third-order valence-electron chi connectivity index (χ3n) is 3.90. The lowest BCUT2D eigenvalue weighted by atomic mass is 10.2. The molecule has 21 heavy (non-hydrogen) atoms. The number of likely N-dealkylation sites (N-methyl/N-ethyl adjacent to an activating group) is 1. The van der Waals surface area contributed by atoms with E-state index in [4.69, 9.17) is 9.72 Å². The molecule has 1 aromatic rings. The van der Waals surface area contributed by atoms with Gasteiger partial charge in [-0.25, -0.2) is 9.97 Å². The number of hydrogen-bond acceptors (Lipinski definition) is 5. The van der Waals surface area contributed by atoms with Gasteiger partial charge < -0.3 is 15.0 Å². The molecule has 0 spiro atoms. The summed E-state index contributed by atoms with van der Waals surface area (Å²) in [5, 5.41) is 3.21. The Labute approximate surface area is 128 Å². The van der Waals surface area contributed by atoms with Gasteiger partial charge in [0, 0.05) is 32.2 Å². The van der Waals surface area contributed by atoms with Crippen LogP contribution in [0.4, 0.5) is 5.69 Å². The highest BCUT2D eigenvalue weighted by atomic mass is 16.5. The highest BCUT2D eigenvalue weighted by Crippen LogP contribution is 2.23. The van der Waals surface area contributed by atoms with E-state index in [1.807, 2.05) is 13.2 Å². The highest BCUT2D eigenvalue weighted by Gasteiger charge is 2.21. The Balaban J connectivity index is 2.21. The van der Waals surface area contributed by atoms with Crippen molar-refractivity contribution in [2.75, 3.05) is 31.6 Å². The minimum atomic E-state index is 0.345. The van der Waals surface area contributed by atoms with Crippen LogP contribution < -0.4 is 10.2 Å². The van der Waals surface area contributed by atoms with Gasteiger partial charge in [-0.15, -0.1) is 0 Å². The number of ether oxygens (including phenoxy) is 1. The third-order valence-corrected chi connectivity index (χ3v) is 3.90. The van der Waals surface area contributed by atoms with Crippen LogP contribution in [0.15, 0.2) is 6.20 Å². The molecular formula is C16H28N4O. The summed E-state index contributed by atoms with van der Waals surface area (Å²) >= 11 is 0. The summed E-state index contributed by atoms with van der Waals surface area (Å²) < 4.78 is 5.77. The van der Waals surface area contributed by atoms with Gasteiger partial charge in [0.15, 0.2) is 0 Å². The Bertz CT molecular complexity index is 444. The summed E-state index contributed by atoms with van der Waals surface area (Å²) in [5.41, 5.74) is 2.21. The lowest BCUT2D eigenvalue weighted by molar-refractivity contribution is 0.115. The largest absolute Gasteiger partial charge is 0.376 e. The molecular weight excluding hydrogens is 264 g/mol. The summed E-state index contributed by atoms with van der Waals surface area (Å²) in [7, 11) is 1.96. The molecule has 5 nitrogen and oxygen atoms in total. The number of aromatic nitrogens is 2. The van der Waals surface area contributed by atoms with Gasteiger partial charge in [-0.05, 0) is 26.8 Å². The summed E-state index contributed by atoms with van der Waals surface area (Å²) in [6.07, 6.45) is 4.65. The van der Waals surface area contributed by atoms with Crippen molar-refractivity contribution < 1.29 is 4.74 Å². The summed E-state index contributed by atoms with van der Waals surface area (Å²) in [6, 6.07) is 0. The number of nitrogens with one attached hydrogen (secondary N) is 1. The number of hydrogen-bond donors (Lipinski definition) is 1. The fourth-order valence-corrected chi connectivity index (χ4v) is 2.70. The Morgan fingerprint density at radius 2 is 2.29 bits per heavy atom. The lowest BCUT2D eigenvalue weighted by Crippen LogP contribution is -2.33. The summed E-state index contributed by atoms with van der Waals surface area (Å²) in [5.74, 6) is 1.26. The van der Waals surface area contributed by atoms with E-state index in [-0.39, 0.29) is 0 Å². The zero-order valence-corrected chi connectivity index (χ0v) is 13.7. The molecule has 0 bridgehead atoms. The molecule has 1 fully saturated rings. The summed E-state index contributed by atoms with van der Waals surface area (Å²) in [4.78, 5) is 11.6. The maximum absolute atomic E-state index is 5.77. The van der Waals surface area contributed by atoms with Gasteiger partial charge in [-0.1, -0.05) is 13.8 Å². The predicted molar refractivity (Wildman–Crippen MR) is 85.7 cm³/mol. The highest BCUT2D eigenvalue weighted by molar-refractivity contribution is 5.49. The number of nitrogens with zero attached hydrogens (tertiary/aromatic N) is 3. The van der Waals surface area contributed by atoms with Crippen molar-refractivity contribution in [2.24, 2.45) is 0 Å². The minimum absolute atomic E-state index is 0.345. The maximum atomic E-state index is 5.77. The van der Waals surface area contributed by atoms with E-state index in [0.717, 1.165) is 49.9 Å². The normalized spacial score (nSPS) is 18.4. The van der Waals surface area contributed by atoms with Crippen molar-refractivity contribution in [3.8, 4) is 0 Å². The van der Waals surface area contributed by atoms with E-state index < -0.39 is 0 Å². The fraction of sp³-hybridized carbons (Fsp3) is 0.750. The van der Waals surface area contributed by atoms with Crippen molar-refractivity contribution >= 4 is 5.69 Å². The van der Waals surface area contributed by atoms with E-state index in [2.05, 4.69) is 36.0 Å². The van der Waals surface area contributed by atoms with Crippen LogP contribution in [0.5, 0.6) is 0 Å². The first-order valence-corrected chi connectivity index (χ1v) is 8.02. The van der Waals surface area contributed by atoms with Gasteiger partial charge in [0.05, 0.1) is 23.7 Å². The molecule has 1 aromatic heterocycles. The zero-order chi connectivity index (χ0) is 15.2. The van der Waals surface area contributed by atoms with E-state index >= 15 is 0 Å². The first kappa shape index (κ1) is 16.2. The van der Waals surface area contributed by atoms with Gasteiger partial charge in [0.1, 0.15) is 5.82 Å². The van der Waals surface area contributed by atoms with Crippen LogP contribution >= 0.6 is 0 Å². The Hall–Kier alpha value is -1.20. The Morgan fingerprint density at radius 1 is 1.48 bits per heavy atom. The van der Waals surface area contributed by atoms with Crippen LogP contribution in [0.1, 0.15) is 51.0 Å². The van der Waals surface area contributed by atoms with Crippen LogP contribution in [0.2, 0.25) is 0 Å². The average molecular weight is 292 g/mol. The van der Waals surface area contributed by atoms with Crippen LogP contribution in [0, 0.1) is 0 Å². The molecule has 1 atom stereocenters. The third kappa shape index (κ3) is 4.14. The second-order valence-corrected chi connectivity index (χ2v) is 5.92. The van der Waals surface area contributed by atoms with Crippen molar-refractivity contribution in [3.63, 3.8) is 0 Å². The first-order valence-electron chi connectivity index (χ1n) is 8.02. The molecule has 118 valence electrons. The zero-order valence-electron chi connectivity index (χ0n) is 13.7. The van der Waals surface area contributed by atoms with Gasteiger partial charge in [0.2, 0.25) is 0 Å². The molecule has 1 aliphatic rings. The molecule has 0 radical (unpaired) electrons. The molecule has 2 rings (SSSR count).